The van der Waals surface area contributed by atoms with Crippen LogP contribution in [-0.2, 0) is 9.59 Å². The molecule has 1 aliphatic carbocycles. The molecule has 0 aromatic rings. The summed E-state index contributed by atoms with van der Waals surface area (Å²) in [5.74, 6) is 0.0407. The van der Waals surface area contributed by atoms with Gasteiger partial charge in [0.25, 0.3) is 0 Å². The molecule has 2 fully saturated rings. The summed E-state index contributed by atoms with van der Waals surface area (Å²) in [4.78, 5) is 26.6. The first-order chi connectivity index (χ1) is 10.0. The van der Waals surface area contributed by atoms with E-state index in [1.165, 1.54) is 12.8 Å². The Morgan fingerprint density at radius 3 is 2.19 bits per heavy atom. The number of carbonyl (C=O) groups excluding carboxylic acids is 2. The van der Waals surface area contributed by atoms with Gasteiger partial charge in [0.05, 0.1) is 12.5 Å². The molecule has 2 rings (SSSR count). The molecule has 1 saturated carbocycles. The van der Waals surface area contributed by atoms with Crippen LogP contribution in [0, 0.1) is 0 Å². The second-order valence-electron chi connectivity index (χ2n) is 6.92. The van der Waals surface area contributed by atoms with E-state index < -0.39 is 0 Å². The average Bonchev–Trinajstić information content (AvgIpc) is 2.67. The summed E-state index contributed by atoms with van der Waals surface area (Å²) in [6.07, 6.45) is 8.99. The maximum atomic E-state index is 12.7. The van der Waals surface area contributed by atoms with Crippen LogP contribution in [-0.4, -0.2) is 34.3 Å². The minimum atomic E-state index is -0.314. The van der Waals surface area contributed by atoms with Crippen LogP contribution in [0.15, 0.2) is 0 Å². The van der Waals surface area contributed by atoms with Crippen LogP contribution in [0.1, 0.15) is 78.6 Å². The number of rotatable bonds is 5. The molecule has 1 aliphatic heterocycles. The van der Waals surface area contributed by atoms with Gasteiger partial charge in [0, 0.05) is 11.6 Å². The summed E-state index contributed by atoms with van der Waals surface area (Å²) in [5, 5.41) is 3.44. The van der Waals surface area contributed by atoms with Gasteiger partial charge in [-0.1, -0.05) is 39.5 Å². The third-order valence-electron chi connectivity index (χ3n) is 5.46. The van der Waals surface area contributed by atoms with Crippen molar-refractivity contribution in [3.05, 3.63) is 0 Å². The number of carbonyl (C=O) groups is 2. The quantitative estimate of drug-likeness (QED) is 0.626. The summed E-state index contributed by atoms with van der Waals surface area (Å²) >= 11 is 0. The molecule has 1 saturated heterocycles. The van der Waals surface area contributed by atoms with E-state index in [-0.39, 0.29) is 29.4 Å². The third-order valence-corrected chi connectivity index (χ3v) is 5.46. The van der Waals surface area contributed by atoms with Crippen molar-refractivity contribution in [2.75, 3.05) is 0 Å². The molecule has 1 heterocycles. The Morgan fingerprint density at radius 1 is 1.10 bits per heavy atom. The van der Waals surface area contributed by atoms with Crippen LogP contribution in [0.25, 0.3) is 0 Å². The molecule has 0 spiro atoms. The molecule has 120 valence electrons. The van der Waals surface area contributed by atoms with E-state index in [9.17, 15) is 9.59 Å². The van der Waals surface area contributed by atoms with Gasteiger partial charge in [-0.15, -0.1) is 0 Å². The van der Waals surface area contributed by atoms with Crippen molar-refractivity contribution in [1.82, 2.24) is 10.2 Å². The van der Waals surface area contributed by atoms with Crippen molar-refractivity contribution in [2.45, 2.75) is 96.2 Å². The van der Waals surface area contributed by atoms with Crippen molar-refractivity contribution in [3.63, 3.8) is 0 Å². The molecule has 1 N–H and O–H groups in total. The Kier molecular flexibility index (Phi) is 5.42. The molecule has 0 bridgehead atoms. The van der Waals surface area contributed by atoms with Gasteiger partial charge in [0.2, 0.25) is 11.8 Å². The largest absolute Gasteiger partial charge is 0.300 e. The first-order valence-electron chi connectivity index (χ1n) is 8.64. The zero-order valence-corrected chi connectivity index (χ0v) is 13.8. The van der Waals surface area contributed by atoms with Crippen LogP contribution in [0.4, 0.5) is 0 Å². The Morgan fingerprint density at radius 2 is 1.67 bits per heavy atom. The van der Waals surface area contributed by atoms with Crippen molar-refractivity contribution in [1.29, 1.82) is 0 Å². The highest BCUT2D eigenvalue weighted by atomic mass is 16.2. The van der Waals surface area contributed by atoms with Crippen LogP contribution < -0.4 is 5.32 Å². The highest BCUT2D eigenvalue weighted by molar-refractivity contribution is 6.05. The highest BCUT2D eigenvalue weighted by Crippen LogP contribution is 2.28. The number of amides is 2. The second-order valence-corrected chi connectivity index (χ2v) is 6.92. The molecule has 0 radical (unpaired) electrons. The second kappa shape index (κ2) is 6.91. The lowest BCUT2D eigenvalue weighted by molar-refractivity contribution is -0.142. The molecule has 4 nitrogen and oxygen atoms in total. The fourth-order valence-corrected chi connectivity index (χ4v) is 3.54. The number of hydrogen-bond donors (Lipinski definition) is 1. The fourth-order valence-electron chi connectivity index (χ4n) is 3.54. The Balaban J connectivity index is 2.05. The Hall–Kier alpha value is -0.900. The van der Waals surface area contributed by atoms with Crippen molar-refractivity contribution in [3.8, 4) is 0 Å². The van der Waals surface area contributed by atoms with Gasteiger partial charge < -0.3 is 5.32 Å². The van der Waals surface area contributed by atoms with E-state index in [4.69, 9.17) is 0 Å². The standard InChI is InChI=1S/C17H30N2O2/c1-4-17(3,5-2)18-14-12-15(20)19(16(14)21)13-10-8-6-7-9-11-13/h13-14,18H,4-12H2,1-3H3. The van der Waals surface area contributed by atoms with Gasteiger partial charge in [0.15, 0.2) is 0 Å². The summed E-state index contributed by atoms with van der Waals surface area (Å²) in [7, 11) is 0. The van der Waals surface area contributed by atoms with E-state index >= 15 is 0 Å². The molecular formula is C17H30N2O2. The van der Waals surface area contributed by atoms with Crippen molar-refractivity contribution >= 4 is 11.8 Å². The predicted octanol–water partition coefficient (Wildman–Crippen LogP) is 3.01. The molecule has 21 heavy (non-hydrogen) atoms. The highest BCUT2D eigenvalue weighted by Gasteiger charge is 2.43. The zero-order valence-electron chi connectivity index (χ0n) is 13.8. The summed E-state index contributed by atoms with van der Waals surface area (Å²) < 4.78 is 0. The van der Waals surface area contributed by atoms with Gasteiger partial charge in [-0.25, -0.2) is 0 Å². The average molecular weight is 294 g/mol. The number of nitrogens with one attached hydrogen (secondary N) is 1. The van der Waals surface area contributed by atoms with E-state index in [0.717, 1.165) is 38.5 Å². The first-order valence-corrected chi connectivity index (χ1v) is 8.64. The molecule has 2 amide bonds. The summed E-state index contributed by atoms with van der Waals surface area (Å²) in [6, 6.07) is -0.167. The third kappa shape index (κ3) is 3.65. The lowest BCUT2D eigenvalue weighted by Crippen LogP contribution is -2.51. The maximum Gasteiger partial charge on any atom is 0.247 e. The van der Waals surface area contributed by atoms with E-state index in [2.05, 4.69) is 26.1 Å². The van der Waals surface area contributed by atoms with E-state index in [0.29, 0.717) is 6.42 Å². The lowest BCUT2D eigenvalue weighted by Gasteiger charge is -2.32. The van der Waals surface area contributed by atoms with Crippen molar-refractivity contribution in [2.24, 2.45) is 0 Å². The fraction of sp³-hybridized carbons (Fsp3) is 0.882. The topological polar surface area (TPSA) is 49.4 Å². The van der Waals surface area contributed by atoms with Crippen LogP contribution >= 0.6 is 0 Å². The first kappa shape index (κ1) is 16.5. The Labute approximate surface area is 128 Å². The normalized spacial score (nSPS) is 25.5. The van der Waals surface area contributed by atoms with Gasteiger partial charge in [0.1, 0.15) is 0 Å². The molecule has 0 aromatic heterocycles. The molecule has 1 unspecified atom stereocenters. The minimum absolute atomic E-state index is 0.0139. The lowest BCUT2D eigenvalue weighted by atomic mass is 9.94. The van der Waals surface area contributed by atoms with Crippen molar-refractivity contribution < 1.29 is 9.59 Å². The summed E-state index contributed by atoms with van der Waals surface area (Å²) in [6.45, 7) is 6.39. The Bertz CT molecular complexity index is 382. The summed E-state index contributed by atoms with van der Waals surface area (Å²) in [5.41, 5.74) is -0.0555. The predicted molar refractivity (Wildman–Crippen MR) is 83.9 cm³/mol. The van der Waals surface area contributed by atoms with Crippen LogP contribution in [0.2, 0.25) is 0 Å². The monoisotopic (exact) mass is 294 g/mol. The maximum absolute atomic E-state index is 12.7. The molecule has 2 aliphatic rings. The van der Waals surface area contributed by atoms with Gasteiger partial charge in [-0.05, 0) is 32.6 Å². The molecular weight excluding hydrogens is 264 g/mol. The minimum Gasteiger partial charge on any atom is -0.300 e. The zero-order chi connectivity index (χ0) is 15.5. The number of imide groups is 1. The van der Waals surface area contributed by atoms with E-state index in [1.807, 2.05) is 0 Å². The van der Waals surface area contributed by atoms with Crippen LogP contribution in [0.5, 0.6) is 0 Å². The molecule has 0 aromatic carbocycles. The van der Waals surface area contributed by atoms with Gasteiger partial charge >= 0.3 is 0 Å². The number of hydrogen-bond acceptors (Lipinski definition) is 3. The SMILES string of the molecule is CCC(C)(CC)NC1CC(=O)N(C2CCCCCC2)C1=O. The smallest absolute Gasteiger partial charge is 0.247 e. The number of likely N-dealkylation sites (tertiary alicyclic amines) is 1. The molecule has 4 heteroatoms. The number of nitrogens with zero attached hydrogens (tertiary/aromatic N) is 1. The van der Waals surface area contributed by atoms with Crippen LogP contribution in [0.3, 0.4) is 0 Å². The van der Waals surface area contributed by atoms with E-state index in [1.54, 1.807) is 4.90 Å². The van der Waals surface area contributed by atoms with Gasteiger partial charge in [-0.3, -0.25) is 14.5 Å². The van der Waals surface area contributed by atoms with Gasteiger partial charge in [-0.2, -0.15) is 0 Å². The molecule has 1 atom stereocenters.